The second kappa shape index (κ2) is 12.1. The Hall–Kier alpha value is -4.17. The zero-order valence-electron chi connectivity index (χ0n) is 23.6. The van der Waals surface area contributed by atoms with Crippen molar-refractivity contribution in [2.45, 2.75) is 42.5 Å². The zero-order valence-corrected chi connectivity index (χ0v) is 25.1. The van der Waals surface area contributed by atoms with Gasteiger partial charge >= 0.3 is 5.97 Å². The van der Waals surface area contributed by atoms with Crippen LogP contribution >= 0.6 is 23.2 Å². The summed E-state index contributed by atoms with van der Waals surface area (Å²) in [5.74, 6) is -3.00. The monoisotopic (exact) mass is 628 g/mol. The van der Waals surface area contributed by atoms with E-state index in [1.54, 1.807) is 41.3 Å². The third-order valence-corrected chi connectivity index (χ3v) is 9.43. The number of amides is 2. The lowest BCUT2D eigenvalue weighted by Gasteiger charge is -2.48. The average Bonchev–Trinajstić information content (AvgIpc) is 3.34. The van der Waals surface area contributed by atoms with E-state index in [0.717, 1.165) is 11.1 Å². The first kappa shape index (κ1) is 29.9. The van der Waals surface area contributed by atoms with Crippen LogP contribution < -0.4 is 0 Å². The number of carbonyl (C=O) groups is 3. The standard InChI is InChI=1S/C35H30Cl2N2O5/c36-27-17-9-7-15-25(27)35(44,26-16-8-10-18-28(26)37)34(43)38-21-24-19-20-29(31(38)33(41)42)39(24)32(40)30(22-11-3-1-4-12-22)23-13-5-2-6-14-23/h1-18,24,29-31,44H,19-21H2,(H,41,42)/t24-,29+,31-/m0/s1. The molecule has 2 aliphatic heterocycles. The smallest absolute Gasteiger partial charge is 0.328 e. The molecule has 9 heteroatoms. The third-order valence-electron chi connectivity index (χ3n) is 8.77. The second-order valence-electron chi connectivity index (χ2n) is 11.2. The van der Waals surface area contributed by atoms with E-state index in [0.29, 0.717) is 12.8 Å². The van der Waals surface area contributed by atoms with E-state index in [2.05, 4.69) is 0 Å². The number of hydrogen-bond donors (Lipinski definition) is 2. The maximum atomic E-state index is 14.6. The summed E-state index contributed by atoms with van der Waals surface area (Å²) in [6, 6.07) is 28.9. The number of likely N-dealkylation sites (tertiary alicyclic amines) is 1. The van der Waals surface area contributed by atoms with Crippen molar-refractivity contribution in [3.63, 3.8) is 0 Å². The molecular formula is C35H30Cl2N2O5. The molecule has 0 unspecified atom stereocenters. The van der Waals surface area contributed by atoms with E-state index in [4.69, 9.17) is 23.2 Å². The Labute approximate surface area is 265 Å². The second-order valence-corrected chi connectivity index (χ2v) is 12.0. The highest BCUT2D eigenvalue weighted by Gasteiger charge is 2.57. The molecule has 224 valence electrons. The molecule has 2 amide bonds. The number of benzene rings is 4. The van der Waals surface area contributed by atoms with Crippen LogP contribution in [0.4, 0.5) is 0 Å². The predicted molar refractivity (Wildman–Crippen MR) is 167 cm³/mol. The van der Waals surface area contributed by atoms with Crippen molar-refractivity contribution in [1.82, 2.24) is 9.80 Å². The topological polar surface area (TPSA) is 98.2 Å². The third kappa shape index (κ3) is 5.05. The Morgan fingerprint density at radius 3 is 1.68 bits per heavy atom. The molecule has 2 fully saturated rings. The van der Waals surface area contributed by atoms with Gasteiger partial charge in [-0.2, -0.15) is 0 Å². The first-order chi connectivity index (χ1) is 21.2. The number of aliphatic hydroxyl groups is 1. The van der Waals surface area contributed by atoms with Gasteiger partial charge in [0, 0.05) is 33.8 Å². The number of aliphatic carboxylic acids is 1. The Balaban J connectivity index is 1.42. The van der Waals surface area contributed by atoms with Crippen LogP contribution in [0.25, 0.3) is 0 Å². The van der Waals surface area contributed by atoms with Gasteiger partial charge < -0.3 is 20.0 Å². The van der Waals surface area contributed by atoms with Crippen molar-refractivity contribution in [3.05, 3.63) is 141 Å². The van der Waals surface area contributed by atoms with Gasteiger partial charge in [0.2, 0.25) is 5.91 Å². The molecule has 44 heavy (non-hydrogen) atoms. The fourth-order valence-corrected chi connectivity index (χ4v) is 7.36. The molecule has 0 radical (unpaired) electrons. The Bertz CT molecular complexity index is 1610. The van der Waals surface area contributed by atoms with Gasteiger partial charge in [0.25, 0.3) is 5.91 Å². The molecule has 0 spiro atoms. The van der Waals surface area contributed by atoms with Gasteiger partial charge in [-0.05, 0) is 36.1 Å². The van der Waals surface area contributed by atoms with Crippen LogP contribution in [0.1, 0.15) is 41.0 Å². The van der Waals surface area contributed by atoms with E-state index in [9.17, 15) is 24.6 Å². The molecule has 6 rings (SSSR count). The molecule has 2 N–H and O–H groups in total. The summed E-state index contributed by atoms with van der Waals surface area (Å²) >= 11 is 13.1. The maximum absolute atomic E-state index is 14.6. The number of fused-ring (bicyclic) bond motifs is 2. The van der Waals surface area contributed by atoms with E-state index in [-0.39, 0.29) is 33.6 Å². The first-order valence-corrected chi connectivity index (χ1v) is 15.2. The lowest BCUT2D eigenvalue weighted by molar-refractivity contribution is -0.169. The van der Waals surface area contributed by atoms with Gasteiger partial charge in [-0.3, -0.25) is 9.59 Å². The molecule has 7 nitrogen and oxygen atoms in total. The predicted octanol–water partition coefficient (Wildman–Crippen LogP) is 5.72. The molecule has 3 atom stereocenters. The van der Waals surface area contributed by atoms with Crippen LogP contribution in [0.5, 0.6) is 0 Å². The summed E-state index contributed by atoms with van der Waals surface area (Å²) in [7, 11) is 0. The maximum Gasteiger partial charge on any atom is 0.328 e. The van der Waals surface area contributed by atoms with Gasteiger partial charge in [-0.1, -0.05) is 120 Å². The Morgan fingerprint density at radius 2 is 1.20 bits per heavy atom. The Kier molecular flexibility index (Phi) is 8.20. The minimum atomic E-state index is -2.38. The number of carboxylic acids is 1. The number of carboxylic acid groups (broad SMARTS) is 1. The van der Waals surface area contributed by atoms with Crippen LogP contribution in [-0.4, -0.2) is 62.5 Å². The summed E-state index contributed by atoms with van der Waals surface area (Å²) in [6.07, 6.45) is 0.904. The number of nitrogens with zero attached hydrogens (tertiary/aromatic N) is 2. The van der Waals surface area contributed by atoms with Crippen LogP contribution in [0.2, 0.25) is 10.0 Å². The first-order valence-electron chi connectivity index (χ1n) is 14.4. The molecule has 0 aliphatic carbocycles. The van der Waals surface area contributed by atoms with Gasteiger partial charge in [-0.15, -0.1) is 0 Å². The summed E-state index contributed by atoms with van der Waals surface area (Å²) in [4.78, 5) is 44.9. The molecule has 0 saturated carbocycles. The molecule has 2 aliphatic rings. The minimum Gasteiger partial charge on any atom is -0.480 e. The largest absolute Gasteiger partial charge is 0.480 e. The summed E-state index contributed by atoms with van der Waals surface area (Å²) in [6.45, 7) is -0.0778. The number of halogens is 2. The summed E-state index contributed by atoms with van der Waals surface area (Å²) in [5.41, 5.74) is -0.626. The van der Waals surface area contributed by atoms with Crippen molar-refractivity contribution in [2.75, 3.05) is 6.54 Å². The number of hydrogen-bond acceptors (Lipinski definition) is 4. The lowest BCUT2D eigenvalue weighted by Crippen LogP contribution is -2.67. The normalized spacial score (nSPS) is 19.7. The van der Waals surface area contributed by atoms with Gasteiger partial charge in [0.05, 0.1) is 12.0 Å². The molecular weight excluding hydrogens is 599 g/mol. The molecule has 2 heterocycles. The molecule has 4 aromatic rings. The van der Waals surface area contributed by atoms with Crippen molar-refractivity contribution in [2.24, 2.45) is 0 Å². The highest BCUT2D eigenvalue weighted by molar-refractivity contribution is 6.33. The van der Waals surface area contributed by atoms with Crippen molar-refractivity contribution in [1.29, 1.82) is 0 Å². The van der Waals surface area contributed by atoms with Gasteiger partial charge in [-0.25, -0.2) is 4.79 Å². The van der Waals surface area contributed by atoms with Gasteiger partial charge in [0.15, 0.2) is 5.60 Å². The van der Waals surface area contributed by atoms with Crippen LogP contribution in [-0.2, 0) is 20.0 Å². The van der Waals surface area contributed by atoms with E-state index in [1.807, 2.05) is 60.7 Å². The van der Waals surface area contributed by atoms with E-state index < -0.39 is 41.5 Å². The molecule has 2 bridgehead atoms. The number of rotatable bonds is 7. The fourth-order valence-electron chi connectivity index (χ4n) is 6.81. The van der Waals surface area contributed by atoms with Gasteiger partial charge in [0.1, 0.15) is 6.04 Å². The Morgan fingerprint density at radius 1 is 0.727 bits per heavy atom. The van der Waals surface area contributed by atoms with E-state index >= 15 is 0 Å². The average molecular weight is 630 g/mol. The number of carbonyl (C=O) groups excluding carboxylic acids is 2. The van der Waals surface area contributed by atoms with Crippen LogP contribution in [0.15, 0.2) is 109 Å². The number of piperazine rings is 1. The van der Waals surface area contributed by atoms with Crippen LogP contribution in [0.3, 0.4) is 0 Å². The molecule has 2 saturated heterocycles. The van der Waals surface area contributed by atoms with Crippen molar-refractivity contribution < 1.29 is 24.6 Å². The highest BCUT2D eigenvalue weighted by atomic mass is 35.5. The zero-order chi connectivity index (χ0) is 31.0. The molecule has 0 aromatic heterocycles. The van der Waals surface area contributed by atoms with Crippen molar-refractivity contribution >= 4 is 41.0 Å². The minimum absolute atomic E-state index is 0.0778. The summed E-state index contributed by atoms with van der Waals surface area (Å²) in [5, 5.41) is 23.2. The quantitative estimate of drug-likeness (QED) is 0.273. The highest BCUT2D eigenvalue weighted by Crippen LogP contribution is 2.44. The fraction of sp³-hybridized carbons (Fsp3) is 0.229. The van der Waals surface area contributed by atoms with Crippen LogP contribution in [0, 0.1) is 0 Å². The summed E-state index contributed by atoms with van der Waals surface area (Å²) < 4.78 is 0. The SMILES string of the molecule is O=C(O)[C@@H]1[C@H]2CC[C@@H](CN1C(=O)C(O)(c1ccccc1Cl)c1ccccc1Cl)N2C(=O)C(c1ccccc1)c1ccccc1. The lowest BCUT2D eigenvalue weighted by atomic mass is 9.83. The van der Waals surface area contributed by atoms with Crippen molar-refractivity contribution in [3.8, 4) is 0 Å². The van der Waals surface area contributed by atoms with E-state index in [1.165, 1.54) is 17.0 Å². The molecule has 4 aromatic carbocycles.